The Bertz CT molecular complexity index is 1310. The number of aromatic amines is 1. The molecule has 6 nitrogen and oxygen atoms in total. The molecule has 0 aliphatic carbocycles. The fourth-order valence-corrected chi connectivity index (χ4v) is 4.38. The number of hydrogen-bond donors (Lipinski definition) is 3. The number of ether oxygens (including phenoxy) is 1. The number of hydrogen-bond acceptors (Lipinski definition) is 4. The molecule has 1 amide bonds. The van der Waals surface area contributed by atoms with Crippen LogP contribution in [0.4, 0.5) is 9.18 Å². The lowest BCUT2D eigenvalue weighted by atomic mass is 9.95. The molecule has 4 rings (SSSR count). The van der Waals surface area contributed by atoms with Crippen molar-refractivity contribution in [2.24, 2.45) is 0 Å². The fourth-order valence-electron chi connectivity index (χ4n) is 3.58. The predicted molar refractivity (Wildman–Crippen MR) is 111 cm³/mol. The lowest BCUT2D eigenvalue weighted by Gasteiger charge is -2.16. The number of fused-ring (bicyclic) bond motifs is 3. The summed E-state index contributed by atoms with van der Waals surface area (Å²) >= 11 is 1.34. The van der Waals surface area contributed by atoms with Gasteiger partial charge < -0.3 is 20.1 Å². The summed E-state index contributed by atoms with van der Waals surface area (Å²) in [6, 6.07) is 9.29. The van der Waals surface area contributed by atoms with Gasteiger partial charge in [0, 0.05) is 27.4 Å². The molecular weight excluding hydrogens is 395 g/mol. The van der Waals surface area contributed by atoms with Crippen molar-refractivity contribution in [2.45, 2.75) is 13.0 Å². The molecule has 29 heavy (non-hydrogen) atoms. The number of nitrogens with one attached hydrogen (secondary N) is 2. The van der Waals surface area contributed by atoms with E-state index in [2.05, 4.69) is 10.3 Å². The SMILES string of the molecule is COc1ccc2[nH]c(=O)c3sccc3c2c1-c1ccc(C(C)NC(=O)O)c(F)c1. The molecule has 2 aromatic carbocycles. The van der Waals surface area contributed by atoms with Gasteiger partial charge in [-0.1, -0.05) is 12.1 Å². The van der Waals surface area contributed by atoms with E-state index in [9.17, 15) is 14.0 Å². The molecule has 2 aromatic heterocycles. The van der Waals surface area contributed by atoms with Gasteiger partial charge in [-0.2, -0.15) is 0 Å². The zero-order valence-corrected chi connectivity index (χ0v) is 16.4. The predicted octanol–water partition coefficient (Wildman–Crippen LogP) is 4.89. The summed E-state index contributed by atoms with van der Waals surface area (Å²) in [5.74, 6) is 0.00898. The molecule has 0 saturated heterocycles. The van der Waals surface area contributed by atoms with E-state index in [0.717, 1.165) is 10.8 Å². The molecule has 4 aromatic rings. The fraction of sp³-hybridized carbons (Fsp3) is 0.143. The maximum atomic E-state index is 14.9. The first kappa shape index (κ1) is 18.9. The molecule has 8 heteroatoms. The maximum Gasteiger partial charge on any atom is 0.405 e. The minimum absolute atomic E-state index is 0.172. The number of methoxy groups -OCH3 is 1. The summed E-state index contributed by atoms with van der Waals surface area (Å²) in [5, 5.41) is 14.5. The van der Waals surface area contributed by atoms with E-state index in [1.165, 1.54) is 24.5 Å². The van der Waals surface area contributed by atoms with Crippen LogP contribution in [-0.4, -0.2) is 23.3 Å². The van der Waals surface area contributed by atoms with Crippen molar-refractivity contribution in [2.75, 3.05) is 7.11 Å². The first-order valence-electron chi connectivity index (χ1n) is 8.80. The zero-order chi connectivity index (χ0) is 20.7. The highest BCUT2D eigenvalue weighted by Gasteiger charge is 2.19. The number of benzene rings is 2. The second-order valence-corrected chi connectivity index (χ2v) is 7.51. The topological polar surface area (TPSA) is 91.4 Å². The number of rotatable bonds is 4. The highest BCUT2D eigenvalue weighted by Crippen LogP contribution is 2.40. The first-order chi connectivity index (χ1) is 13.9. The molecule has 0 aliphatic heterocycles. The molecule has 3 N–H and O–H groups in total. The Morgan fingerprint density at radius 2 is 2.07 bits per heavy atom. The molecule has 0 radical (unpaired) electrons. The number of carboxylic acid groups (broad SMARTS) is 1. The van der Waals surface area contributed by atoms with Gasteiger partial charge in [0.2, 0.25) is 0 Å². The average molecular weight is 412 g/mol. The molecule has 0 saturated carbocycles. The van der Waals surface area contributed by atoms with Crippen molar-refractivity contribution in [3.63, 3.8) is 0 Å². The zero-order valence-electron chi connectivity index (χ0n) is 15.6. The number of pyridine rings is 1. The Morgan fingerprint density at radius 1 is 1.28 bits per heavy atom. The number of carbonyl (C=O) groups is 1. The summed E-state index contributed by atoms with van der Waals surface area (Å²) in [4.78, 5) is 26.1. The van der Waals surface area contributed by atoms with Crippen LogP contribution in [0, 0.1) is 5.82 Å². The van der Waals surface area contributed by atoms with E-state index in [-0.39, 0.29) is 11.1 Å². The van der Waals surface area contributed by atoms with Crippen molar-refractivity contribution in [3.05, 3.63) is 63.5 Å². The minimum atomic E-state index is -1.22. The Labute approximate surface area is 168 Å². The second-order valence-electron chi connectivity index (χ2n) is 6.59. The van der Waals surface area contributed by atoms with Crippen LogP contribution in [0.1, 0.15) is 18.5 Å². The molecule has 0 bridgehead atoms. The molecule has 0 spiro atoms. The molecule has 1 unspecified atom stereocenters. The lowest BCUT2D eigenvalue weighted by molar-refractivity contribution is 0.190. The van der Waals surface area contributed by atoms with Crippen molar-refractivity contribution in [1.82, 2.24) is 10.3 Å². The molecule has 2 heterocycles. The molecule has 1 atom stereocenters. The van der Waals surface area contributed by atoms with E-state index < -0.39 is 18.0 Å². The van der Waals surface area contributed by atoms with Crippen molar-refractivity contribution < 1.29 is 19.0 Å². The monoisotopic (exact) mass is 412 g/mol. The minimum Gasteiger partial charge on any atom is -0.496 e. The van der Waals surface area contributed by atoms with Gasteiger partial charge >= 0.3 is 6.09 Å². The Balaban J connectivity index is 1.98. The van der Waals surface area contributed by atoms with Gasteiger partial charge in [-0.05, 0) is 42.1 Å². The summed E-state index contributed by atoms with van der Waals surface area (Å²) in [6.45, 7) is 1.57. The van der Waals surface area contributed by atoms with Crippen molar-refractivity contribution in [3.8, 4) is 16.9 Å². The van der Waals surface area contributed by atoms with Gasteiger partial charge in [-0.3, -0.25) is 4.79 Å². The summed E-state index contributed by atoms with van der Waals surface area (Å²) in [6.07, 6.45) is -1.22. The van der Waals surface area contributed by atoms with Gasteiger partial charge in [0.05, 0.1) is 13.2 Å². The molecular formula is C21H17FN2O4S. The summed E-state index contributed by atoms with van der Waals surface area (Å²) in [5.41, 5.74) is 1.92. The van der Waals surface area contributed by atoms with Crippen LogP contribution in [0.25, 0.3) is 32.1 Å². The second kappa shape index (κ2) is 7.21. The number of aromatic nitrogens is 1. The van der Waals surface area contributed by atoms with Crippen LogP contribution in [-0.2, 0) is 0 Å². The van der Waals surface area contributed by atoms with Crippen LogP contribution in [0.2, 0.25) is 0 Å². The van der Waals surface area contributed by atoms with Crippen LogP contribution >= 0.6 is 11.3 Å². The maximum absolute atomic E-state index is 14.9. The highest BCUT2D eigenvalue weighted by molar-refractivity contribution is 7.17. The van der Waals surface area contributed by atoms with Crippen molar-refractivity contribution in [1.29, 1.82) is 0 Å². The average Bonchev–Trinajstić information content (AvgIpc) is 3.17. The first-order valence-corrected chi connectivity index (χ1v) is 9.68. The van der Waals surface area contributed by atoms with Gasteiger partial charge in [-0.25, -0.2) is 9.18 Å². The quantitative estimate of drug-likeness (QED) is 0.445. The third-order valence-corrected chi connectivity index (χ3v) is 5.78. The summed E-state index contributed by atoms with van der Waals surface area (Å²) in [7, 11) is 1.53. The number of H-pyrrole nitrogens is 1. The standard InChI is InChI=1S/C21H17FN2O4S/c1-10(23-21(26)27)12-4-3-11(9-14(12)22)17-16(28-2)6-5-15-18(17)13-7-8-29-19(13)20(25)24-15/h3-10,23H,1-2H3,(H,24,25)(H,26,27). The van der Waals surface area contributed by atoms with Crippen LogP contribution in [0.3, 0.4) is 0 Å². The van der Waals surface area contributed by atoms with Gasteiger partial charge in [0.25, 0.3) is 5.56 Å². The van der Waals surface area contributed by atoms with E-state index in [1.807, 2.05) is 11.4 Å². The van der Waals surface area contributed by atoms with Gasteiger partial charge in [0.15, 0.2) is 0 Å². The molecule has 148 valence electrons. The van der Waals surface area contributed by atoms with Gasteiger partial charge in [-0.15, -0.1) is 11.3 Å². The summed E-state index contributed by atoms with van der Waals surface area (Å²) < 4.78 is 21.0. The molecule has 0 fully saturated rings. The van der Waals surface area contributed by atoms with E-state index in [4.69, 9.17) is 9.84 Å². The van der Waals surface area contributed by atoms with E-state index in [1.54, 1.807) is 31.2 Å². The van der Waals surface area contributed by atoms with E-state index >= 15 is 0 Å². The number of halogens is 1. The molecule has 0 aliphatic rings. The smallest absolute Gasteiger partial charge is 0.405 e. The van der Waals surface area contributed by atoms with Crippen LogP contribution in [0.15, 0.2) is 46.6 Å². The third kappa shape index (κ3) is 3.21. The van der Waals surface area contributed by atoms with Crippen LogP contribution in [0.5, 0.6) is 5.75 Å². The lowest BCUT2D eigenvalue weighted by Crippen LogP contribution is -2.25. The van der Waals surface area contributed by atoms with Gasteiger partial charge in [0.1, 0.15) is 16.3 Å². The Hall–Kier alpha value is -3.39. The highest BCUT2D eigenvalue weighted by atomic mass is 32.1. The number of amides is 1. The van der Waals surface area contributed by atoms with Crippen molar-refractivity contribution >= 4 is 38.4 Å². The largest absolute Gasteiger partial charge is 0.496 e. The Kier molecular flexibility index (Phi) is 4.71. The van der Waals surface area contributed by atoms with Crippen LogP contribution < -0.4 is 15.6 Å². The normalized spacial score (nSPS) is 12.2. The number of thiophene rings is 1. The third-order valence-electron chi connectivity index (χ3n) is 4.87. The van der Waals surface area contributed by atoms with E-state index in [0.29, 0.717) is 27.1 Å². The Morgan fingerprint density at radius 3 is 2.76 bits per heavy atom.